The van der Waals surface area contributed by atoms with E-state index in [4.69, 9.17) is 10.2 Å². The normalized spacial score (nSPS) is 17.3. The molecule has 120 valence electrons. The molecule has 0 bridgehead atoms. The van der Waals surface area contributed by atoms with E-state index >= 15 is 0 Å². The minimum atomic E-state index is 0.207. The number of nitriles is 1. The number of hydrogen-bond acceptors (Lipinski definition) is 4. The molecule has 1 fully saturated rings. The predicted molar refractivity (Wildman–Crippen MR) is 93.7 cm³/mol. The average molecular weight is 317 g/mol. The van der Waals surface area contributed by atoms with Crippen LogP contribution in [0.15, 0.2) is 42.6 Å². The molecular formula is C19H19N5. The standard InChI is InChI=1S/C19H19N5/c1-2-23-16-7-4-3-6-15(16)22-19(23)17-8-5-11-24(17)18-12-14(13-20)9-10-21-18/h3-4,6-7,9-10,12,17H,2,5,8,11H2,1H3. The molecule has 5 nitrogen and oxygen atoms in total. The van der Waals surface area contributed by atoms with Crippen molar-refractivity contribution < 1.29 is 0 Å². The topological polar surface area (TPSA) is 57.7 Å². The van der Waals surface area contributed by atoms with Gasteiger partial charge < -0.3 is 9.47 Å². The minimum Gasteiger partial charge on any atom is -0.346 e. The number of hydrogen-bond donors (Lipinski definition) is 0. The van der Waals surface area contributed by atoms with E-state index in [1.165, 1.54) is 5.52 Å². The molecule has 3 aromatic rings. The van der Waals surface area contributed by atoms with Crippen LogP contribution in [0.4, 0.5) is 5.82 Å². The quantitative estimate of drug-likeness (QED) is 0.739. The highest BCUT2D eigenvalue weighted by atomic mass is 15.3. The van der Waals surface area contributed by atoms with Crippen molar-refractivity contribution in [2.75, 3.05) is 11.4 Å². The maximum absolute atomic E-state index is 9.15. The molecule has 1 aliphatic heterocycles. The molecule has 1 saturated heterocycles. The fourth-order valence-electron chi connectivity index (χ4n) is 3.64. The van der Waals surface area contributed by atoms with E-state index < -0.39 is 0 Å². The first kappa shape index (κ1) is 14.7. The molecule has 1 unspecified atom stereocenters. The van der Waals surface area contributed by atoms with Gasteiger partial charge in [0.1, 0.15) is 11.6 Å². The number of aromatic nitrogens is 3. The van der Waals surface area contributed by atoms with Crippen LogP contribution in [0.1, 0.15) is 37.2 Å². The zero-order valence-corrected chi connectivity index (χ0v) is 13.7. The Labute approximate surface area is 141 Å². The van der Waals surface area contributed by atoms with Gasteiger partial charge >= 0.3 is 0 Å². The molecule has 1 aliphatic rings. The third kappa shape index (κ3) is 2.31. The molecule has 4 rings (SSSR count). The van der Waals surface area contributed by atoms with E-state index in [1.807, 2.05) is 12.1 Å². The number of rotatable bonds is 3. The van der Waals surface area contributed by atoms with E-state index in [0.717, 1.165) is 43.1 Å². The van der Waals surface area contributed by atoms with E-state index in [2.05, 4.69) is 45.6 Å². The van der Waals surface area contributed by atoms with Crippen LogP contribution in [-0.4, -0.2) is 21.1 Å². The summed E-state index contributed by atoms with van der Waals surface area (Å²) in [6, 6.07) is 14.3. The van der Waals surface area contributed by atoms with Crippen molar-refractivity contribution in [1.82, 2.24) is 14.5 Å². The number of para-hydroxylation sites is 2. The van der Waals surface area contributed by atoms with Crippen molar-refractivity contribution in [2.24, 2.45) is 0 Å². The molecule has 0 N–H and O–H groups in total. The van der Waals surface area contributed by atoms with E-state index in [9.17, 15) is 0 Å². The Morgan fingerprint density at radius 2 is 2.17 bits per heavy atom. The maximum Gasteiger partial charge on any atom is 0.132 e. The summed E-state index contributed by atoms with van der Waals surface area (Å²) in [5.74, 6) is 1.96. The zero-order chi connectivity index (χ0) is 16.5. The van der Waals surface area contributed by atoms with E-state index in [0.29, 0.717) is 5.56 Å². The first-order valence-electron chi connectivity index (χ1n) is 8.39. The zero-order valence-electron chi connectivity index (χ0n) is 13.7. The van der Waals surface area contributed by atoms with Crippen LogP contribution >= 0.6 is 0 Å². The smallest absolute Gasteiger partial charge is 0.132 e. The predicted octanol–water partition coefficient (Wildman–Crippen LogP) is 3.66. The van der Waals surface area contributed by atoms with Gasteiger partial charge in [-0.1, -0.05) is 12.1 Å². The molecule has 0 amide bonds. The van der Waals surface area contributed by atoms with Crippen LogP contribution < -0.4 is 4.90 Å². The molecule has 24 heavy (non-hydrogen) atoms. The molecule has 0 saturated carbocycles. The van der Waals surface area contributed by atoms with Crippen molar-refractivity contribution in [3.05, 3.63) is 54.0 Å². The maximum atomic E-state index is 9.15. The van der Waals surface area contributed by atoms with Gasteiger partial charge in [-0.05, 0) is 44.0 Å². The SMILES string of the molecule is CCn1c(C2CCCN2c2cc(C#N)ccn2)nc2ccccc21. The van der Waals surface area contributed by atoms with Crippen molar-refractivity contribution in [1.29, 1.82) is 5.26 Å². The Morgan fingerprint density at radius 1 is 1.29 bits per heavy atom. The number of anilines is 1. The van der Waals surface area contributed by atoms with Crippen LogP contribution in [0.25, 0.3) is 11.0 Å². The average Bonchev–Trinajstić information content (AvgIpc) is 3.25. The van der Waals surface area contributed by atoms with Gasteiger partial charge in [-0.25, -0.2) is 9.97 Å². The monoisotopic (exact) mass is 317 g/mol. The van der Waals surface area contributed by atoms with Crippen molar-refractivity contribution in [3.63, 3.8) is 0 Å². The van der Waals surface area contributed by atoms with Gasteiger partial charge in [-0.15, -0.1) is 0 Å². The lowest BCUT2D eigenvalue weighted by molar-refractivity contribution is 0.606. The highest BCUT2D eigenvalue weighted by Gasteiger charge is 2.31. The van der Waals surface area contributed by atoms with Gasteiger partial charge in [0.2, 0.25) is 0 Å². The van der Waals surface area contributed by atoms with Gasteiger partial charge in [0, 0.05) is 19.3 Å². The molecule has 0 radical (unpaired) electrons. The van der Waals surface area contributed by atoms with Gasteiger partial charge in [-0.2, -0.15) is 5.26 Å². The summed E-state index contributed by atoms with van der Waals surface area (Å²) in [4.78, 5) is 11.7. The molecule has 1 aromatic carbocycles. The summed E-state index contributed by atoms with van der Waals surface area (Å²) in [5.41, 5.74) is 2.87. The largest absolute Gasteiger partial charge is 0.346 e. The van der Waals surface area contributed by atoms with Gasteiger partial charge in [-0.3, -0.25) is 0 Å². The first-order chi connectivity index (χ1) is 11.8. The Morgan fingerprint density at radius 3 is 3.00 bits per heavy atom. The second-order valence-corrected chi connectivity index (χ2v) is 6.07. The Kier molecular flexibility index (Phi) is 3.66. The Balaban J connectivity index is 1.79. The van der Waals surface area contributed by atoms with Crippen LogP contribution in [-0.2, 0) is 6.54 Å². The summed E-state index contributed by atoms with van der Waals surface area (Å²) in [7, 11) is 0. The Bertz CT molecular complexity index is 921. The van der Waals surface area contributed by atoms with Crippen LogP contribution in [0, 0.1) is 11.3 Å². The number of benzene rings is 1. The lowest BCUT2D eigenvalue weighted by atomic mass is 10.2. The summed E-state index contributed by atoms with van der Waals surface area (Å²) < 4.78 is 2.30. The fraction of sp³-hybridized carbons (Fsp3) is 0.316. The lowest BCUT2D eigenvalue weighted by Gasteiger charge is -2.26. The third-order valence-corrected chi connectivity index (χ3v) is 4.72. The Hall–Kier alpha value is -2.87. The molecule has 3 heterocycles. The molecule has 0 spiro atoms. The summed E-state index contributed by atoms with van der Waals surface area (Å²) in [6.45, 7) is 4.00. The third-order valence-electron chi connectivity index (χ3n) is 4.72. The van der Waals surface area contributed by atoms with Gasteiger partial charge in [0.05, 0.1) is 28.7 Å². The van der Waals surface area contributed by atoms with Crippen LogP contribution in [0.2, 0.25) is 0 Å². The number of aryl methyl sites for hydroxylation is 1. The number of imidazole rings is 1. The summed E-state index contributed by atoms with van der Waals surface area (Å²) >= 11 is 0. The fourth-order valence-corrected chi connectivity index (χ4v) is 3.64. The first-order valence-corrected chi connectivity index (χ1v) is 8.39. The van der Waals surface area contributed by atoms with Crippen molar-refractivity contribution in [2.45, 2.75) is 32.4 Å². The highest BCUT2D eigenvalue weighted by Crippen LogP contribution is 2.36. The summed E-state index contributed by atoms with van der Waals surface area (Å²) in [5, 5.41) is 9.15. The molecular weight excluding hydrogens is 298 g/mol. The molecule has 2 aromatic heterocycles. The number of nitrogens with zero attached hydrogens (tertiary/aromatic N) is 5. The van der Waals surface area contributed by atoms with E-state index in [-0.39, 0.29) is 6.04 Å². The number of fused-ring (bicyclic) bond motifs is 1. The number of pyridine rings is 1. The summed E-state index contributed by atoms with van der Waals surface area (Å²) in [6.07, 6.45) is 3.88. The van der Waals surface area contributed by atoms with E-state index in [1.54, 1.807) is 12.3 Å². The van der Waals surface area contributed by atoms with Crippen molar-refractivity contribution >= 4 is 16.9 Å². The lowest BCUT2D eigenvalue weighted by Crippen LogP contribution is -2.26. The minimum absolute atomic E-state index is 0.207. The highest BCUT2D eigenvalue weighted by molar-refractivity contribution is 5.76. The van der Waals surface area contributed by atoms with Crippen molar-refractivity contribution in [3.8, 4) is 6.07 Å². The van der Waals surface area contributed by atoms with Gasteiger partial charge in [0.25, 0.3) is 0 Å². The molecule has 1 atom stereocenters. The van der Waals surface area contributed by atoms with Crippen LogP contribution in [0.3, 0.4) is 0 Å². The van der Waals surface area contributed by atoms with Gasteiger partial charge in [0.15, 0.2) is 0 Å². The second-order valence-electron chi connectivity index (χ2n) is 6.07. The molecule has 0 aliphatic carbocycles. The second kappa shape index (κ2) is 5.97. The van der Waals surface area contributed by atoms with Crippen LogP contribution in [0.5, 0.6) is 0 Å². The molecule has 5 heteroatoms.